The van der Waals surface area contributed by atoms with E-state index in [9.17, 15) is 27.2 Å². The number of amides is 3. The monoisotopic (exact) mass is 584 g/mol. The Hall–Kier alpha value is -2.73. The van der Waals surface area contributed by atoms with E-state index in [4.69, 9.17) is 23.2 Å². The van der Waals surface area contributed by atoms with Gasteiger partial charge in [-0.3, -0.25) is 14.4 Å². The van der Waals surface area contributed by atoms with E-state index in [-0.39, 0.29) is 29.9 Å². The second kappa shape index (κ2) is 10.8. The van der Waals surface area contributed by atoms with Crippen molar-refractivity contribution < 1.29 is 27.2 Å². The van der Waals surface area contributed by atoms with E-state index in [0.717, 1.165) is 22.5 Å². The predicted molar refractivity (Wildman–Crippen MR) is 139 cm³/mol. The zero-order valence-corrected chi connectivity index (χ0v) is 23.2. The van der Waals surface area contributed by atoms with Crippen LogP contribution < -0.4 is 5.32 Å². The van der Waals surface area contributed by atoms with Crippen molar-refractivity contribution in [2.45, 2.75) is 56.4 Å². The summed E-state index contributed by atoms with van der Waals surface area (Å²) in [6.07, 6.45) is -1.03. The smallest absolute Gasteiger partial charge is 0.248 e. The molecular weight excluding hydrogens is 558 g/mol. The van der Waals surface area contributed by atoms with Gasteiger partial charge in [-0.2, -0.15) is 4.31 Å². The van der Waals surface area contributed by atoms with Gasteiger partial charge in [0, 0.05) is 31.0 Å². The molecule has 204 valence electrons. The first-order chi connectivity index (χ1) is 17.8. The Morgan fingerprint density at radius 2 is 1.74 bits per heavy atom. The van der Waals surface area contributed by atoms with Crippen LogP contribution in [0.1, 0.15) is 26.3 Å². The Kier molecular flexibility index (Phi) is 8.04. The quantitative estimate of drug-likeness (QED) is 0.561. The molecule has 2 aromatic carbocycles. The number of hydrogen-bond donors (Lipinski definition) is 1. The van der Waals surface area contributed by atoms with Gasteiger partial charge >= 0.3 is 0 Å². The van der Waals surface area contributed by atoms with Crippen LogP contribution in [0.4, 0.5) is 4.39 Å². The largest absolute Gasteiger partial charge is 0.343 e. The van der Waals surface area contributed by atoms with Crippen LogP contribution in [-0.2, 0) is 30.8 Å². The van der Waals surface area contributed by atoms with E-state index in [2.05, 4.69) is 5.32 Å². The standard InChI is InChI=1S/C25H27Cl2FN4O5S/c1-14(2)30-13-23-31(38(36,37)22-11-18(28)8-9-19(22)27)12-20(29-15(3)33)24(34)32(23)21(25(30)35)10-16-4-6-17(26)7-5-16/h4-9,11,14,20-21,23H,10,12-13H2,1-3H3,(H,29,33). The maximum atomic E-state index is 14.1. The lowest BCUT2D eigenvalue weighted by atomic mass is 9.96. The third-order valence-corrected chi connectivity index (χ3v) is 9.25. The molecule has 3 atom stereocenters. The number of rotatable bonds is 6. The number of nitrogens with zero attached hydrogens (tertiary/aromatic N) is 3. The summed E-state index contributed by atoms with van der Waals surface area (Å²) < 4.78 is 43.0. The molecule has 3 amide bonds. The van der Waals surface area contributed by atoms with Crippen molar-refractivity contribution in [3.05, 3.63) is 63.9 Å². The maximum Gasteiger partial charge on any atom is 0.248 e. The van der Waals surface area contributed by atoms with Crippen molar-refractivity contribution in [2.75, 3.05) is 13.1 Å². The number of nitrogens with one attached hydrogen (secondary N) is 1. The number of fused-ring (bicyclic) bond motifs is 1. The molecule has 2 saturated heterocycles. The van der Waals surface area contributed by atoms with Gasteiger partial charge in [0.2, 0.25) is 27.7 Å². The Morgan fingerprint density at radius 3 is 2.34 bits per heavy atom. The van der Waals surface area contributed by atoms with Crippen LogP contribution in [0.2, 0.25) is 10.0 Å². The molecule has 38 heavy (non-hydrogen) atoms. The molecule has 13 heteroatoms. The molecule has 2 aromatic rings. The number of benzene rings is 2. The second-order valence-corrected chi connectivity index (χ2v) is 12.3. The average Bonchev–Trinajstić information content (AvgIpc) is 2.84. The lowest BCUT2D eigenvalue weighted by Gasteiger charge is -2.54. The van der Waals surface area contributed by atoms with Gasteiger partial charge in [0.15, 0.2) is 0 Å². The summed E-state index contributed by atoms with van der Waals surface area (Å²) in [5.41, 5.74) is 0.703. The minimum Gasteiger partial charge on any atom is -0.343 e. The van der Waals surface area contributed by atoms with Gasteiger partial charge in [-0.15, -0.1) is 0 Å². The molecule has 2 aliphatic rings. The van der Waals surface area contributed by atoms with Crippen molar-refractivity contribution >= 4 is 50.9 Å². The summed E-state index contributed by atoms with van der Waals surface area (Å²) in [5.74, 6) is -2.30. The van der Waals surface area contributed by atoms with Crippen LogP contribution in [0.25, 0.3) is 0 Å². The highest BCUT2D eigenvalue weighted by Gasteiger charge is 2.54. The number of carbonyl (C=O) groups is 3. The SMILES string of the molecule is CC(=O)NC1CN(S(=O)(=O)c2cc(F)ccc2Cl)C2CN(C(C)C)C(=O)C(Cc3ccc(Cl)cc3)N2C1=O. The zero-order chi connectivity index (χ0) is 27.9. The molecule has 1 N–H and O–H groups in total. The number of carbonyl (C=O) groups excluding carboxylic acids is 3. The minimum absolute atomic E-state index is 0.0862. The summed E-state index contributed by atoms with van der Waals surface area (Å²) in [7, 11) is -4.49. The Labute approximate surface area is 230 Å². The highest BCUT2D eigenvalue weighted by atomic mass is 35.5. The fourth-order valence-electron chi connectivity index (χ4n) is 4.87. The Morgan fingerprint density at radius 1 is 1.08 bits per heavy atom. The molecule has 0 aromatic heterocycles. The van der Waals surface area contributed by atoms with Gasteiger partial charge in [-0.25, -0.2) is 12.8 Å². The molecule has 0 radical (unpaired) electrons. The van der Waals surface area contributed by atoms with Gasteiger partial charge < -0.3 is 15.1 Å². The van der Waals surface area contributed by atoms with E-state index >= 15 is 0 Å². The molecule has 2 fully saturated rings. The van der Waals surface area contributed by atoms with Gasteiger partial charge in [-0.05, 0) is 49.7 Å². The molecule has 4 rings (SSSR count). The summed E-state index contributed by atoms with van der Waals surface area (Å²) in [4.78, 5) is 41.6. The molecule has 0 spiro atoms. The van der Waals surface area contributed by atoms with E-state index in [0.29, 0.717) is 10.6 Å². The molecule has 0 bridgehead atoms. The van der Waals surface area contributed by atoms with Crippen LogP contribution in [0.3, 0.4) is 0 Å². The summed E-state index contributed by atoms with van der Waals surface area (Å²) in [5, 5.41) is 2.80. The fraction of sp³-hybridized carbons (Fsp3) is 0.400. The summed E-state index contributed by atoms with van der Waals surface area (Å²) >= 11 is 12.2. The van der Waals surface area contributed by atoms with Crippen LogP contribution in [0, 0.1) is 5.82 Å². The molecule has 2 heterocycles. The normalized spacial score (nSPS) is 22.6. The lowest BCUT2D eigenvalue weighted by Crippen LogP contribution is -2.76. The van der Waals surface area contributed by atoms with Crippen LogP contribution >= 0.6 is 23.2 Å². The summed E-state index contributed by atoms with van der Waals surface area (Å²) in [6, 6.07) is 7.10. The van der Waals surface area contributed by atoms with E-state index in [1.807, 2.05) is 0 Å². The highest BCUT2D eigenvalue weighted by Crippen LogP contribution is 2.34. The molecule has 3 unspecified atom stereocenters. The van der Waals surface area contributed by atoms with Gasteiger partial charge in [0.1, 0.15) is 29.0 Å². The fourth-order valence-corrected chi connectivity index (χ4v) is 7.07. The third-order valence-electron chi connectivity index (χ3n) is 6.66. The van der Waals surface area contributed by atoms with Gasteiger partial charge in [0.25, 0.3) is 0 Å². The van der Waals surface area contributed by atoms with Gasteiger partial charge in [0.05, 0.1) is 11.6 Å². The van der Waals surface area contributed by atoms with Crippen LogP contribution in [0.5, 0.6) is 0 Å². The average molecular weight is 585 g/mol. The third kappa shape index (κ3) is 5.38. The van der Waals surface area contributed by atoms with Crippen molar-refractivity contribution in [3.63, 3.8) is 0 Å². The molecular formula is C25H27Cl2FN4O5S. The number of halogens is 3. The van der Waals surface area contributed by atoms with E-state index < -0.39 is 57.3 Å². The minimum atomic E-state index is -4.49. The molecule has 2 aliphatic heterocycles. The lowest BCUT2D eigenvalue weighted by molar-refractivity contribution is -0.169. The first-order valence-electron chi connectivity index (χ1n) is 11.9. The zero-order valence-electron chi connectivity index (χ0n) is 20.9. The number of sulfonamides is 1. The van der Waals surface area contributed by atoms with E-state index in [1.165, 1.54) is 16.7 Å². The first-order valence-corrected chi connectivity index (χ1v) is 14.1. The van der Waals surface area contributed by atoms with Crippen LogP contribution in [-0.4, -0.2) is 77.6 Å². The van der Waals surface area contributed by atoms with E-state index in [1.54, 1.807) is 38.1 Å². The molecule has 0 aliphatic carbocycles. The second-order valence-electron chi connectivity index (χ2n) is 9.56. The summed E-state index contributed by atoms with van der Waals surface area (Å²) in [6.45, 7) is 4.26. The Bertz CT molecular complexity index is 1370. The van der Waals surface area contributed by atoms with Crippen LogP contribution in [0.15, 0.2) is 47.4 Å². The highest BCUT2D eigenvalue weighted by molar-refractivity contribution is 7.89. The Balaban J connectivity index is 1.85. The van der Waals surface area contributed by atoms with Crippen molar-refractivity contribution in [1.29, 1.82) is 0 Å². The topological polar surface area (TPSA) is 107 Å². The molecule has 9 nitrogen and oxygen atoms in total. The van der Waals surface area contributed by atoms with Crippen molar-refractivity contribution in [1.82, 2.24) is 19.4 Å². The number of piperazine rings is 1. The number of hydrogen-bond acceptors (Lipinski definition) is 5. The first kappa shape index (κ1) is 28.3. The maximum absolute atomic E-state index is 14.1. The van der Waals surface area contributed by atoms with Gasteiger partial charge in [-0.1, -0.05) is 35.3 Å². The van der Waals surface area contributed by atoms with Crippen molar-refractivity contribution in [3.8, 4) is 0 Å². The predicted octanol–water partition coefficient (Wildman–Crippen LogP) is 2.66. The molecule has 0 saturated carbocycles. The van der Waals surface area contributed by atoms with Crippen molar-refractivity contribution in [2.24, 2.45) is 0 Å².